The summed E-state index contributed by atoms with van der Waals surface area (Å²) >= 11 is 0. The molecular formula is C13H25ClN2O2. The zero-order valence-electron chi connectivity index (χ0n) is 11.4. The molecular weight excluding hydrogens is 252 g/mol. The molecule has 0 bridgehead atoms. The smallest absolute Gasteiger partial charge is 0.228 e. The van der Waals surface area contributed by atoms with Crippen molar-refractivity contribution in [3.05, 3.63) is 0 Å². The number of hydrogen-bond donors (Lipinski definition) is 1. The number of carbonyl (C=O) groups excluding carboxylic acids is 1. The topological polar surface area (TPSA) is 41.6 Å². The lowest BCUT2D eigenvalue weighted by molar-refractivity contribution is -0.135. The molecule has 106 valence electrons. The van der Waals surface area contributed by atoms with Crippen molar-refractivity contribution < 1.29 is 9.53 Å². The van der Waals surface area contributed by atoms with Crippen LogP contribution in [0.3, 0.4) is 0 Å². The summed E-state index contributed by atoms with van der Waals surface area (Å²) in [5, 5.41) is 3.34. The van der Waals surface area contributed by atoms with E-state index in [9.17, 15) is 4.79 Å². The Balaban J connectivity index is 0.00000162. The fraction of sp³-hybridized carbons (Fsp3) is 0.923. The molecule has 2 aliphatic rings. The first-order chi connectivity index (χ1) is 8.27. The van der Waals surface area contributed by atoms with E-state index in [1.165, 1.54) is 0 Å². The molecule has 3 atom stereocenters. The Bertz CT molecular complexity index is 270. The predicted molar refractivity (Wildman–Crippen MR) is 74.0 cm³/mol. The first-order valence-corrected chi connectivity index (χ1v) is 6.90. The van der Waals surface area contributed by atoms with E-state index < -0.39 is 0 Å². The molecule has 2 fully saturated rings. The van der Waals surface area contributed by atoms with Crippen LogP contribution in [-0.4, -0.2) is 49.2 Å². The maximum Gasteiger partial charge on any atom is 0.228 e. The van der Waals surface area contributed by atoms with Gasteiger partial charge in [-0.15, -0.1) is 12.4 Å². The number of nitrogens with zero attached hydrogens (tertiary/aromatic N) is 1. The minimum atomic E-state index is 0. The summed E-state index contributed by atoms with van der Waals surface area (Å²) in [6, 6.07) is 0.408. The maximum absolute atomic E-state index is 12.4. The van der Waals surface area contributed by atoms with Gasteiger partial charge in [0.15, 0.2) is 0 Å². The Morgan fingerprint density at radius 1 is 1.44 bits per heavy atom. The van der Waals surface area contributed by atoms with E-state index in [-0.39, 0.29) is 24.4 Å². The normalized spacial score (nSPS) is 29.8. The second-order valence-corrected chi connectivity index (χ2v) is 5.01. The van der Waals surface area contributed by atoms with Crippen molar-refractivity contribution in [2.75, 3.05) is 26.2 Å². The van der Waals surface area contributed by atoms with Crippen molar-refractivity contribution in [2.45, 2.75) is 45.3 Å². The molecule has 5 heteroatoms. The lowest BCUT2D eigenvalue weighted by atomic mass is 10.2. The average Bonchev–Trinajstić information content (AvgIpc) is 2.89. The van der Waals surface area contributed by atoms with Gasteiger partial charge in [0.05, 0.1) is 12.0 Å². The van der Waals surface area contributed by atoms with Gasteiger partial charge in [-0.2, -0.15) is 0 Å². The van der Waals surface area contributed by atoms with Crippen LogP contribution < -0.4 is 5.32 Å². The van der Waals surface area contributed by atoms with Crippen LogP contribution in [-0.2, 0) is 9.53 Å². The summed E-state index contributed by atoms with van der Waals surface area (Å²) in [6.07, 6.45) is 3.25. The molecule has 0 aromatic carbocycles. The lowest BCUT2D eigenvalue weighted by Gasteiger charge is -2.28. The van der Waals surface area contributed by atoms with Gasteiger partial charge in [0, 0.05) is 25.7 Å². The van der Waals surface area contributed by atoms with Crippen LogP contribution in [0.4, 0.5) is 0 Å². The van der Waals surface area contributed by atoms with Crippen LogP contribution in [0.5, 0.6) is 0 Å². The highest BCUT2D eigenvalue weighted by molar-refractivity contribution is 5.85. The number of ether oxygens (including phenoxy) is 1. The summed E-state index contributed by atoms with van der Waals surface area (Å²) in [5.74, 6) is 0.459. The Labute approximate surface area is 116 Å². The van der Waals surface area contributed by atoms with Crippen molar-refractivity contribution in [1.82, 2.24) is 10.2 Å². The first kappa shape index (κ1) is 15.7. The van der Waals surface area contributed by atoms with Crippen molar-refractivity contribution in [2.24, 2.45) is 5.92 Å². The number of halogens is 1. The predicted octanol–water partition coefficient (Wildman–Crippen LogP) is 1.43. The zero-order chi connectivity index (χ0) is 12.3. The van der Waals surface area contributed by atoms with E-state index in [1.807, 2.05) is 6.92 Å². The standard InChI is InChI=1S/C13H24N2O2.ClH/c1-3-7-15(10-5-6-14-9-10)13(16)11-8-12(11)17-4-2;/h10-12,14H,3-9H2,1-2H3;1H. The van der Waals surface area contributed by atoms with Crippen molar-refractivity contribution in [3.63, 3.8) is 0 Å². The van der Waals surface area contributed by atoms with E-state index in [0.29, 0.717) is 18.6 Å². The molecule has 4 nitrogen and oxygen atoms in total. The highest BCUT2D eigenvalue weighted by atomic mass is 35.5. The van der Waals surface area contributed by atoms with Crippen molar-refractivity contribution >= 4 is 18.3 Å². The van der Waals surface area contributed by atoms with Crippen molar-refractivity contribution in [1.29, 1.82) is 0 Å². The van der Waals surface area contributed by atoms with Crippen LogP contribution in [0.1, 0.15) is 33.1 Å². The number of nitrogens with one attached hydrogen (secondary N) is 1. The summed E-state index contributed by atoms with van der Waals surface area (Å²) in [4.78, 5) is 14.5. The molecule has 3 unspecified atom stereocenters. The molecule has 1 N–H and O–H groups in total. The van der Waals surface area contributed by atoms with Gasteiger partial charge >= 0.3 is 0 Å². The van der Waals surface area contributed by atoms with E-state index in [4.69, 9.17) is 4.74 Å². The van der Waals surface area contributed by atoms with Crippen molar-refractivity contribution in [3.8, 4) is 0 Å². The fourth-order valence-electron chi connectivity index (χ4n) is 2.66. The second kappa shape index (κ2) is 7.31. The third-order valence-corrected chi connectivity index (χ3v) is 3.65. The molecule has 2 rings (SSSR count). The first-order valence-electron chi connectivity index (χ1n) is 6.90. The maximum atomic E-state index is 12.4. The number of amides is 1. The molecule has 0 aromatic heterocycles. The summed E-state index contributed by atoms with van der Waals surface area (Å²) in [5.41, 5.74) is 0. The monoisotopic (exact) mass is 276 g/mol. The lowest BCUT2D eigenvalue weighted by Crippen LogP contribution is -2.43. The van der Waals surface area contributed by atoms with Gasteiger partial charge in [-0.05, 0) is 32.7 Å². The summed E-state index contributed by atoms with van der Waals surface area (Å²) in [6.45, 7) is 7.73. The zero-order valence-corrected chi connectivity index (χ0v) is 12.2. The van der Waals surface area contributed by atoms with Gasteiger partial charge in [-0.3, -0.25) is 4.79 Å². The molecule has 0 radical (unpaired) electrons. The molecule has 1 saturated heterocycles. The molecule has 0 spiro atoms. The van der Waals surface area contributed by atoms with Crippen LogP contribution in [0, 0.1) is 5.92 Å². The Kier molecular flexibility index (Phi) is 6.39. The Morgan fingerprint density at radius 3 is 2.78 bits per heavy atom. The van der Waals surface area contributed by atoms with Gasteiger partial charge in [0.25, 0.3) is 0 Å². The molecule has 1 aliphatic heterocycles. The quantitative estimate of drug-likeness (QED) is 0.798. The van der Waals surface area contributed by atoms with Gasteiger partial charge in [-0.25, -0.2) is 0 Å². The molecule has 0 aromatic rings. The highest BCUT2D eigenvalue weighted by Gasteiger charge is 2.46. The van der Waals surface area contributed by atoms with E-state index >= 15 is 0 Å². The minimum Gasteiger partial charge on any atom is -0.378 e. The number of carbonyl (C=O) groups is 1. The van der Waals surface area contributed by atoms with Crippen LogP contribution in [0.25, 0.3) is 0 Å². The highest BCUT2D eigenvalue weighted by Crippen LogP contribution is 2.36. The second-order valence-electron chi connectivity index (χ2n) is 5.01. The molecule has 1 amide bonds. The summed E-state index contributed by atoms with van der Waals surface area (Å²) < 4.78 is 5.51. The third-order valence-electron chi connectivity index (χ3n) is 3.65. The van der Waals surface area contributed by atoms with Gasteiger partial charge in [0.1, 0.15) is 0 Å². The Morgan fingerprint density at radius 2 is 2.22 bits per heavy atom. The minimum absolute atomic E-state index is 0. The fourth-order valence-corrected chi connectivity index (χ4v) is 2.66. The van der Waals surface area contributed by atoms with Gasteiger partial charge in [-0.1, -0.05) is 6.92 Å². The Hall–Kier alpha value is -0.320. The van der Waals surface area contributed by atoms with Gasteiger partial charge in [0.2, 0.25) is 5.91 Å². The molecule has 1 aliphatic carbocycles. The summed E-state index contributed by atoms with van der Waals surface area (Å²) in [7, 11) is 0. The number of hydrogen-bond acceptors (Lipinski definition) is 3. The van der Waals surface area contributed by atoms with E-state index in [0.717, 1.165) is 38.9 Å². The van der Waals surface area contributed by atoms with E-state index in [2.05, 4.69) is 17.1 Å². The molecule has 1 saturated carbocycles. The third kappa shape index (κ3) is 3.59. The molecule has 1 heterocycles. The molecule has 18 heavy (non-hydrogen) atoms. The average molecular weight is 277 g/mol. The number of rotatable bonds is 6. The largest absolute Gasteiger partial charge is 0.378 e. The van der Waals surface area contributed by atoms with Crippen LogP contribution in [0.15, 0.2) is 0 Å². The van der Waals surface area contributed by atoms with E-state index in [1.54, 1.807) is 0 Å². The van der Waals surface area contributed by atoms with Gasteiger partial charge < -0.3 is 15.0 Å². The SMILES string of the molecule is CCCN(C(=O)C1CC1OCC)C1CCNC1.Cl. The van der Waals surface area contributed by atoms with Crippen LogP contribution in [0.2, 0.25) is 0 Å². The van der Waals surface area contributed by atoms with Crippen LogP contribution >= 0.6 is 12.4 Å².